The van der Waals surface area contributed by atoms with E-state index in [1.807, 2.05) is 16.9 Å². The lowest BCUT2D eigenvalue weighted by Gasteiger charge is -2.11. The molecule has 1 aromatic carbocycles. The van der Waals surface area contributed by atoms with Gasteiger partial charge in [0, 0.05) is 11.6 Å². The van der Waals surface area contributed by atoms with Crippen LogP contribution >= 0.6 is 11.3 Å². The highest BCUT2D eigenvalue weighted by Crippen LogP contribution is 2.25. The Morgan fingerprint density at radius 3 is 2.95 bits per heavy atom. The van der Waals surface area contributed by atoms with E-state index in [-0.39, 0.29) is 11.6 Å². The molecule has 0 aliphatic heterocycles. The number of benzene rings is 1. The number of hydrogen-bond donors (Lipinski definition) is 1. The molecule has 0 fully saturated rings. The van der Waals surface area contributed by atoms with Gasteiger partial charge >= 0.3 is 5.97 Å². The Hall–Kier alpha value is -2.21. The summed E-state index contributed by atoms with van der Waals surface area (Å²) in [5.74, 6) is -0.934. The highest BCUT2D eigenvalue weighted by atomic mass is 32.1. The third kappa shape index (κ3) is 2.00. The number of fused-ring (bicyclic) bond motifs is 1. The van der Waals surface area contributed by atoms with Gasteiger partial charge in [0.2, 0.25) is 0 Å². The van der Waals surface area contributed by atoms with Crippen LogP contribution in [0.5, 0.6) is 0 Å². The van der Waals surface area contributed by atoms with Crippen molar-refractivity contribution >= 4 is 28.3 Å². The minimum Gasteiger partial charge on any atom is -0.478 e. The highest BCUT2D eigenvalue weighted by Gasteiger charge is 2.15. The quantitative estimate of drug-likeness (QED) is 0.796. The summed E-state index contributed by atoms with van der Waals surface area (Å²) in [7, 11) is 0. The normalized spacial score (nSPS) is 12.7. The molecule has 0 aliphatic carbocycles. The standard InChI is InChI=1S/C13H11N3O2S/c1-8(12-14-4-5-19-12)16-7-15-10-3-2-9(13(17)18)6-11(10)16/h2-8H,1H3,(H,17,18). The van der Waals surface area contributed by atoms with Crippen LogP contribution in [0, 0.1) is 0 Å². The fraction of sp³-hybridized carbons (Fsp3) is 0.154. The van der Waals surface area contributed by atoms with Gasteiger partial charge in [-0.2, -0.15) is 0 Å². The van der Waals surface area contributed by atoms with Gasteiger partial charge in [0.25, 0.3) is 0 Å². The molecule has 1 atom stereocenters. The topological polar surface area (TPSA) is 68.0 Å². The molecule has 0 aliphatic rings. The Kier molecular flexibility index (Phi) is 2.79. The monoisotopic (exact) mass is 273 g/mol. The Morgan fingerprint density at radius 1 is 1.42 bits per heavy atom. The molecule has 0 saturated carbocycles. The second kappa shape index (κ2) is 4.47. The van der Waals surface area contributed by atoms with Crippen molar-refractivity contribution in [3.05, 3.63) is 46.7 Å². The molecular formula is C13H11N3O2S. The summed E-state index contributed by atoms with van der Waals surface area (Å²) in [5, 5.41) is 12.0. The van der Waals surface area contributed by atoms with Crippen LogP contribution in [0.25, 0.3) is 11.0 Å². The summed E-state index contributed by atoms with van der Waals surface area (Å²) in [6, 6.07) is 4.98. The minimum absolute atomic E-state index is 0.0362. The molecule has 0 saturated heterocycles. The van der Waals surface area contributed by atoms with Gasteiger partial charge in [-0.25, -0.2) is 14.8 Å². The van der Waals surface area contributed by atoms with Gasteiger partial charge in [0.05, 0.1) is 29.0 Å². The zero-order chi connectivity index (χ0) is 13.4. The molecule has 5 nitrogen and oxygen atoms in total. The molecule has 19 heavy (non-hydrogen) atoms. The predicted octanol–water partition coefficient (Wildman–Crippen LogP) is 2.80. The number of carboxylic acids is 1. The number of hydrogen-bond acceptors (Lipinski definition) is 4. The summed E-state index contributed by atoms with van der Waals surface area (Å²) >= 11 is 1.57. The number of thiazole rings is 1. The SMILES string of the molecule is CC(c1nccs1)n1cnc2ccc(C(=O)O)cc21. The van der Waals surface area contributed by atoms with Crippen LogP contribution in [0.15, 0.2) is 36.1 Å². The maximum absolute atomic E-state index is 11.0. The molecule has 6 heteroatoms. The summed E-state index contributed by atoms with van der Waals surface area (Å²) < 4.78 is 1.95. The van der Waals surface area contributed by atoms with Crippen molar-refractivity contribution in [2.24, 2.45) is 0 Å². The van der Waals surface area contributed by atoms with Gasteiger partial charge in [-0.3, -0.25) is 0 Å². The smallest absolute Gasteiger partial charge is 0.335 e. The van der Waals surface area contributed by atoms with Gasteiger partial charge in [0.15, 0.2) is 0 Å². The molecule has 1 unspecified atom stereocenters. The fourth-order valence-electron chi connectivity index (χ4n) is 2.03. The molecule has 3 aromatic rings. The van der Waals surface area contributed by atoms with E-state index in [0.717, 1.165) is 16.0 Å². The lowest BCUT2D eigenvalue weighted by molar-refractivity contribution is 0.0697. The number of aromatic nitrogens is 3. The molecule has 3 rings (SSSR count). The molecule has 2 heterocycles. The Labute approximate surface area is 113 Å². The van der Waals surface area contributed by atoms with E-state index >= 15 is 0 Å². The van der Waals surface area contributed by atoms with Gasteiger partial charge in [-0.1, -0.05) is 0 Å². The van der Waals surface area contributed by atoms with Gasteiger partial charge in [-0.05, 0) is 25.1 Å². The summed E-state index contributed by atoms with van der Waals surface area (Å²) in [5.41, 5.74) is 1.86. The van der Waals surface area contributed by atoms with Gasteiger partial charge < -0.3 is 9.67 Å². The second-order valence-electron chi connectivity index (χ2n) is 4.21. The number of carbonyl (C=O) groups is 1. The summed E-state index contributed by atoms with van der Waals surface area (Å²) in [6.07, 6.45) is 3.49. The largest absolute Gasteiger partial charge is 0.478 e. The van der Waals surface area contributed by atoms with E-state index in [1.54, 1.807) is 42.1 Å². The Morgan fingerprint density at radius 2 is 2.26 bits per heavy atom. The van der Waals surface area contributed by atoms with E-state index in [9.17, 15) is 4.79 Å². The molecule has 1 N–H and O–H groups in total. The average Bonchev–Trinajstić information content (AvgIpc) is 3.06. The van der Waals surface area contributed by atoms with Crippen LogP contribution < -0.4 is 0 Å². The van der Waals surface area contributed by atoms with Crippen LogP contribution in [-0.4, -0.2) is 25.6 Å². The van der Waals surface area contributed by atoms with Gasteiger partial charge in [0.1, 0.15) is 5.01 Å². The van der Waals surface area contributed by atoms with E-state index < -0.39 is 5.97 Å². The van der Waals surface area contributed by atoms with Crippen molar-refractivity contribution < 1.29 is 9.90 Å². The predicted molar refractivity (Wildman–Crippen MR) is 72.6 cm³/mol. The van der Waals surface area contributed by atoms with Crippen molar-refractivity contribution in [1.82, 2.24) is 14.5 Å². The van der Waals surface area contributed by atoms with Crippen molar-refractivity contribution in [2.75, 3.05) is 0 Å². The van der Waals surface area contributed by atoms with Crippen LogP contribution in [0.4, 0.5) is 0 Å². The number of carboxylic acid groups (broad SMARTS) is 1. The first-order valence-electron chi connectivity index (χ1n) is 5.76. The van der Waals surface area contributed by atoms with Crippen LogP contribution in [0.1, 0.15) is 28.3 Å². The number of rotatable bonds is 3. The maximum Gasteiger partial charge on any atom is 0.335 e. The van der Waals surface area contributed by atoms with Crippen LogP contribution in [-0.2, 0) is 0 Å². The number of imidazole rings is 1. The van der Waals surface area contributed by atoms with Gasteiger partial charge in [-0.15, -0.1) is 11.3 Å². The van der Waals surface area contributed by atoms with Crippen LogP contribution in [0.2, 0.25) is 0 Å². The van der Waals surface area contributed by atoms with Crippen molar-refractivity contribution in [3.8, 4) is 0 Å². The summed E-state index contributed by atoms with van der Waals surface area (Å²) in [4.78, 5) is 19.6. The number of aromatic carboxylic acids is 1. The molecule has 0 spiro atoms. The summed E-state index contributed by atoms with van der Waals surface area (Å²) in [6.45, 7) is 2.02. The van der Waals surface area contributed by atoms with E-state index in [1.165, 1.54) is 0 Å². The van der Waals surface area contributed by atoms with Crippen molar-refractivity contribution in [3.63, 3.8) is 0 Å². The first-order valence-corrected chi connectivity index (χ1v) is 6.64. The molecule has 0 bridgehead atoms. The van der Waals surface area contributed by atoms with Crippen molar-refractivity contribution in [2.45, 2.75) is 13.0 Å². The number of nitrogens with zero attached hydrogens (tertiary/aromatic N) is 3. The molecule has 0 radical (unpaired) electrons. The zero-order valence-corrected chi connectivity index (χ0v) is 11.0. The minimum atomic E-state index is -0.934. The molecular weight excluding hydrogens is 262 g/mol. The molecule has 0 amide bonds. The first kappa shape index (κ1) is 11.9. The Bertz CT molecular complexity index is 734. The maximum atomic E-state index is 11.0. The van der Waals surface area contributed by atoms with E-state index in [4.69, 9.17) is 5.11 Å². The lowest BCUT2D eigenvalue weighted by Crippen LogP contribution is -2.05. The third-order valence-corrected chi connectivity index (χ3v) is 3.99. The first-order chi connectivity index (χ1) is 9.16. The molecule has 96 valence electrons. The van der Waals surface area contributed by atoms with Crippen molar-refractivity contribution in [1.29, 1.82) is 0 Å². The second-order valence-corrected chi connectivity index (χ2v) is 5.13. The van der Waals surface area contributed by atoms with E-state index in [2.05, 4.69) is 9.97 Å². The fourth-order valence-corrected chi connectivity index (χ4v) is 2.72. The molecule has 2 aromatic heterocycles. The highest BCUT2D eigenvalue weighted by molar-refractivity contribution is 7.09. The Balaban J connectivity index is 2.13. The lowest BCUT2D eigenvalue weighted by atomic mass is 10.2. The zero-order valence-electron chi connectivity index (χ0n) is 10.1. The van der Waals surface area contributed by atoms with Crippen LogP contribution in [0.3, 0.4) is 0 Å². The average molecular weight is 273 g/mol. The van der Waals surface area contributed by atoms with E-state index in [0.29, 0.717) is 0 Å². The third-order valence-electron chi connectivity index (χ3n) is 3.05.